The zero-order valence-corrected chi connectivity index (χ0v) is 11.6. The number of rotatable bonds is 2. The average molecular weight is 302 g/mol. The first-order valence-electron chi connectivity index (χ1n) is 7.32. The standard InChI is InChI=1S/C15H18F4N2/c16-11-5-4-10(15(17,18)19)9-13(11)20-12-6-8-21-7-2-1-3-14(12)21/h4-5,9,12,14,20H,1-3,6-8H2. The molecule has 2 nitrogen and oxygen atoms in total. The second kappa shape index (κ2) is 5.48. The van der Waals surface area contributed by atoms with Crippen LogP contribution in [0.1, 0.15) is 31.2 Å². The quantitative estimate of drug-likeness (QED) is 0.834. The topological polar surface area (TPSA) is 15.3 Å². The highest BCUT2D eigenvalue weighted by molar-refractivity contribution is 5.49. The van der Waals surface area contributed by atoms with Crippen molar-refractivity contribution in [2.45, 2.75) is 43.9 Å². The third-order valence-corrected chi connectivity index (χ3v) is 4.49. The number of piperidine rings is 1. The first-order valence-corrected chi connectivity index (χ1v) is 7.32. The molecule has 3 rings (SSSR count). The summed E-state index contributed by atoms with van der Waals surface area (Å²) in [5.41, 5.74) is -0.854. The lowest BCUT2D eigenvalue weighted by atomic mass is 9.98. The molecule has 1 aromatic rings. The van der Waals surface area contributed by atoms with Crippen molar-refractivity contribution in [3.05, 3.63) is 29.6 Å². The fourth-order valence-electron chi connectivity index (χ4n) is 3.43. The summed E-state index contributed by atoms with van der Waals surface area (Å²) < 4.78 is 52.0. The van der Waals surface area contributed by atoms with Crippen molar-refractivity contribution in [1.82, 2.24) is 4.90 Å². The molecule has 21 heavy (non-hydrogen) atoms. The third kappa shape index (κ3) is 3.00. The van der Waals surface area contributed by atoms with Gasteiger partial charge in [-0.3, -0.25) is 4.90 Å². The molecule has 1 aromatic carbocycles. The van der Waals surface area contributed by atoms with E-state index in [1.165, 1.54) is 6.42 Å². The number of nitrogens with zero attached hydrogens (tertiary/aromatic N) is 1. The average Bonchev–Trinajstić information content (AvgIpc) is 2.83. The molecule has 2 heterocycles. The molecule has 2 unspecified atom stereocenters. The third-order valence-electron chi connectivity index (χ3n) is 4.49. The summed E-state index contributed by atoms with van der Waals surface area (Å²) >= 11 is 0. The molecule has 2 aliphatic heterocycles. The lowest BCUT2D eigenvalue weighted by Gasteiger charge is -2.33. The maximum Gasteiger partial charge on any atom is 0.416 e. The normalized spacial score (nSPS) is 26.7. The summed E-state index contributed by atoms with van der Waals surface area (Å²) in [6.07, 6.45) is -0.277. The first-order chi connectivity index (χ1) is 9.95. The van der Waals surface area contributed by atoms with Crippen LogP contribution in [0, 0.1) is 5.82 Å². The molecule has 0 spiro atoms. The lowest BCUT2D eigenvalue weighted by Crippen LogP contribution is -2.41. The Morgan fingerprint density at radius 3 is 2.67 bits per heavy atom. The van der Waals surface area contributed by atoms with Gasteiger partial charge >= 0.3 is 6.18 Å². The number of benzene rings is 1. The second-order valence-electron chi connectivity index (χ2n) is 5.83. The summed E-state index contributed by atoms with van der Waals surface area (Å²) in [7, 11) is 0. The van der Waals surface area contributed by atoms with Crippen molar-refractivity contribution in [2.75, 3.05) is 18.4 Å². The van der Waals surface area contributed by atoms with Gasteiger partial charge in [0, 0.05) is 18.6 Å². The van der Waals surface area contributed by atoms with Gasteiger partial charge in [-0.05, 0) is 44.0 Å². The van der Waals surface area contributed by atoms with Gasteiger partial charge in [0.05, 0.1) is 11.3 Å². The molecule has 2 atom stereocenters. The molecule has 6 heteroatoms. The smallest absolute Gasteiger partial charge is 0.378 e. The van der Waals surface area contributed by atoms with E-state index in [1.807, 2.05) is 0 Å². The zero-order valence-electron chi connectivity index (χ0n) is 11.6. The largest absolute Gasteiger partial charge is 0.416 e. The van der Waals surface area contributed by atoms with Crippen LogP contribution in [0.5, 0.6) is 0 Å². The Morgan fingerprint density at radius 2 is 1.90 bits per heavy atom. The number of hydrogen-bond donors (Lipinski definition) is 1. The molecular formula is C15H18F4N2. The SMILES string of the molecule is Fc1ccc(C(F)(F)F)cc1NC1CCN2CCCCC12. The summed E-state index contributed by atoms with van der Waals surface area (Å²) in [6, 6.07) is 2.89. The van der Waals surface area contributed by atoms with Gasteiger partial charge in [-0.25, -0.2) is 4.39 Å². The number of halogens is 4. The number of anilines is 1. The molecule has 0 aliphatic carbocycles. The molecule has 0 amide bonds. The van der Waals surface area contributed by atoms with Gasteiger partial charge in [0.2, 0.25) is 0 Å². The van der Waals surface area contributed by atoms with Crippen LogP contribution in [0.4, 0.5) is 23.2 Å². The second-order valence-corrected chi connectivity index (χ2v) is 5.83. The van der Waals surface area contributed by atoms with Crippen LogP contribution < -0.4 is 5.32 Å². The van der Waals surface area contributed by atoms with Crippen LogP contribution in [0.3, 0.4) is 0 Å². The van der Waals surface area contributed by atoms with E-state index in [0.29, 0.717) is 6.04 Å². The Bertz CT molecular complexity index is 515. The van der Waals surface area contributed by atoms with Crippen LogP contribution in [-0.2, 0) is 6.18 Å². The van der Waals surface area contributed by atoms with Crippen molar-refractivity contribution in [1.29, 1.82) is 0 Å². The van der Waals surface area contributed by atoms with E-state index in [4.69, 9.17) is 0 Å². The van der Waals surface area contributed by atoms with Gasteiger partial charge in [0.15, 0.2) is 0 Å². The Hall–Kier alpha value is -1.30. The number of hydrogen-bond acceptors (Lipinski definition) is 2. The molecule has 0 aromatic heterocycles. The Labute approximate surface area is 121 Å². The molecule has 2 aliphatic rings. The highest BCUT2D eigenvalue weighted by atomic mass is 19.4. The fraction of sp³-hybridized carbons (Fsp3) is 0.600. The summed E-state index contributed by atoms with van der Waals surface area (Å²) in [5, 5.41) is 3.00. The van der Waals surface area contributed by atoms with Gasteiger partial charge in [-0.2, -0.15) is 13.2 Å². The highest BCUT2D eigenvalue weighted by Crippen LogP contribution is 2.34. The molecule has 2 saturated heterocycles. The van der Waals surface area contributed by atoms with Gasteiger partial charge in [0.1, 0.15) is 5.82 Å². The molecule has 2 fully saturated rings. The van der Waals surface area contributed by atoms with E-state index in [-0.39, 0.29) is 11.7 Å². The van der Waals surface area contributed by atoms with Crippen molar-refractivity contribution in [2.24, 2.45) is 0 Å². The van der Waals surface area contributed by atoms with Gasteiger partial charge < -0.3 is 5.32 Å². The van der Waals surface area contributed by atoms with Crippen LogP contribution in [0.25, 0.3) is 0 Å². The Kier molecular flexibility index (Phi) is 3.82. The van der Waals surface area contributed by atoms with Crippen LogP contribution >= 0.6 is 0 Å². The minimum absolute atomic E-state index is 0.0308. The summed E-state index contributed by atoms with van der Waals surface area (Å²) in [6.45, 7) is 1.97. The van der Waals surface area contributed by atoms with Gasteiger partial charge in [-0.1, -0.05) is 6.42 Å². The molecule has 0 radical (unpaired) electrons. The van der Waals surface area contributed by atoms with Crippen molar-refractivity contribution < 1.29 is 17.6 Å². The van der Waals surface area contributed by atoms with E-state index < -0.39 is 17.6 Å². The maximum absolute atomic E-state index is 13.8. The molecule has 1 N–H and O–H groups in total. The molecule has 0 bridgehead atoms. The minimum Gasteiger partial charge on any atom is -0.378 e. The summed E-state index contributed by atoms with van der Waals surface area (Å²) in [4.78, 5) is 2.35. The predicted molar refractivity (Wildman–Crippen MR) is 72.6 cm³/mol. The zero-order chi connectivity index (χ0) is 15.0. The van der Waals surface area contributed by atoms with Crippen LogP contribution in [0.2, 0.25) is 0 Å². The van der Waals surface area contributed by atoms with Gasteiger partial charge in [-0.15, -0.1) is 0 Å². The number of alkyl halides is 3. The Morgan fingerprint density at radius 1 is 1.10 bits per heavy atom. The molecule has 0 saturated carbocycles. The highest BCUT2D eigenvalue weighted by Gasteiger charge is 2.36. The van der Waals surface area contributed by atoms with Crippen molar-refractivity contribution in [3.8, 4) is 0 Å². The molecular weight excluding hydrogens is 284 g/mol. The predicted octanol–water partition coefficient (Wildman–Crippen LogP) is 3.88. The minimum atomic E-state index is -4.45. The van der Waals surface area contributed by atoms with Gasteiger partial charge in [0.25, 0.3) is 0 Å². The Balaban J connectivity index is 1.78. The monoisotopic (exact) mass is 302 g/mol. The van der Waals surface area contributed by atoms with E-state index in [2.05, 4.69) is 10.2 Å². The first kappa shape index (κ1) is 14.6. The fourth-order valence-corrected chi connectivity index (χ4v) is 3.43. The van der Waals surface area contributed by atoms with Crippen molar-refractivity contribution >= 4 is 5.69 Å². The van der Waals surface area contributed by atoms with E-state index in [9.17, 15) is 17.6 Å². The molecule has 116 valence electrons. The van der Waals surface area contributed by atoms with Crippen LogP contribution in [-0.4, -0.2) is 30.1 Å². The lowest BCUT2D eigenvalue weighted by molar-refractivity contribution is -0.137. The van der Waals surface area contributed by atoms with E-state index in [0.717, 1.165) is 50.6 Å². The summed E-state index contributed by atoms with van der Waals surface area (Å²) in [5.74, 6) is -0.628. The van der Waals surface area contributed by atoms with E-state index in [1.54, 1.807) is 0 Å². The van der Waals surface area contributed by atoms with E-state index >= 15 is 0 Å². The maximum atomic E-state index is 13.8. The van der Waals surface area contributed by atoms with Crippen LogP contribution in [0.15, 0.2) is 18.2 Å². The van der Waals surface area contributed by atoms with Crippen molar-refractivity contribution in [3.63, 3.8) is 0 Å². The number of fused-ring (bicyclic) bond motifs is 1. The number of nitrogens with one attached hydrogen (secondary N) is 1.